The van der Waals surface area contributed by atoms with Gasteiger partial charge in [-0.25, -0.2) is 8.42 Å². The highest BCUT2D eigenvalue weighted by atomic mass is 32.2. The number of nitrogens with zero attached hydrogens (tertiary/aromatic N) is 1. The number of sulfonamides is 1. The summed E-state index contributed by atoms with van der Waals surface area (Å²) in [6.07, 6.45) is 3.51. The van der Waals surface area contributed by atoms with E-state index in [0.29, 0.717) is 13.1 Å². The highest BCUT2D eigenvalue weighted by Gasteiger charge is 2.24. The second kappa shape index (κ2) is 7.20. The number of unbranched alkanes of at least 4 members (excludes halogenated alkanes) is 1. The van der Waals surface area contributed by atoms with Crippen LogP contribution in [0.5, 0.6) is 0 Å². The lowest BCUT2D eigenvalue weighted by Gasteiger charge is -2.20. The molecule has 5 heteroatoms. The zero-order valence-electron chi connectivity index (χ0n) is 12.1. The Balaban J connectivity index is 2.01. The van der Waals surface area contributed by atoms with Crippen molar-refractivity contribution in [1.82, 2.24) is 9.62 Å². The van der Waals surface area contributed by atoms with Gasteiger partial charge in [0.15, 0.2) is 0 Å². The molecule has 0 amide bonds. The number of fused-ring (bicyclic) bond motifs is 1. The van der Waals surface area contributed by atoms with Crippen molar-refractivity contribution < 1.29 is 8.42 Å². The van der Waals surface area contributed by atoms with E-state index in [9.17, 15) is 8.42 Å². The van der Waals surface area contributed by atoms with Gasteiger partial charge in [0, 0.05) is 13.1 Å². The van der Waals surface area contributed by atoms with Crippen LogP contribution in [0, 0.1) is 0 Å². The van der Waals surface area contributed by atoms with E-state index in [-0.39, 0.29) is 5.75 Å². The van der Waals surface area contributed by atoms with Gasteiger partial charge in [-0.05, 0) is 50.4 Å². The lowest BCUT2D eigenvalue weighted by atomic mass is 10.0. The zero-order valence-corrected chi connectivity index (χ0v) is 13.0. The topological polar surface area (TPSA) is 49.4 Å². The van der Waals surface area contributed by atoms with Crippen molar-refractivity contribution in [3.63, 3.8) is 0 Å². The maximum atomic E-state index is 12.4. The average molecular weight is 296 g/mol. The molecule has 1 N–H and O–H groups in total. The minimum atomic E-state index is -3.12. The molecule has 1 aliphatic heterocycles. The Morgan fingerprint density at radius 3 is 2.70 bits per heavy atom. The summed E-state index contributed by atoms with van der Waals surface area (Å²) in [6, 6.07) is 8.17. The summed E-state index contributed by atoms with van der Waals surface area (Å²) in [7, 11) is -1.24. The van der Waals surface area contributed by atoms with Gasteiger partial charge in [-0.3, -0.25) is 0 Å². The van der Waals surface area contributed by atoms with Crippen LogP contribution in [0.15, 0.2) is 24.3 Å². The summed E-state index contributed by atoms with van der Waals surface area (Å²) < 4.78 is 26.5. The zero-order chi connectivity index (χ0) is 14.4. The number of hydrogen-bond acceptors (Lipinski definition) is 3. The molecule has 0 aliphatic carbocycles. The van der Waals surface area contributed by atoms with Gasteiger partial charge in [0.25, 0.3) is 0 Å². The molecule has 20 heavy (non-hydrogen) atoms. The molecule has 0 radical (unpaired) electrons. The average Bonchev–Trinajstić information content (AvgIpc) is 2.66. The maximum absolute atomic E-state index is 12.4. The summed E-state index contributed by atoms with van der Waals surface area (Å²) in [5.74, 6) is 0.261. The van der Waals surface area contributed by atoms with Crippen LogP contribution in [0.4, 0.5) is 0 Å². The maximum Gasteiger partial charge on any atom is 0.214 e. The third kappa shape index (κ3) is 4.04. The van der Waals surface area contributed by atoms with Crippen molar-refractivity contribution in [3.05, 3.63) is 35.4 Å². The summed E-state index contributed by atoms with van der Waals surface area (Å²) in [5.41, 5.74) is 2.45. The molecule has 1 aliphatic rings. The van der Waals surface area contributed by atoms with Crippen LogP contribution in [-0.4, -0.2) is 38.6 Å². The Morgan fingerprint density at radius 1 is 1.20 bits per heavy atom. The van der Waals surface area contributed by atoms with Gasteiger partial charge in [-0.2, -0.15) is 4.31 Å². The molecular weight excluding hydrogens is 272 g/mol. The normalized spacial score (nSPS) is 16.6. The third-order valence-electron chi connectivity index (χ3n) is 3.79. The number of aryl methyl sites for hydroxylation is 1. The summed E-state index contributed by atoms with van der Waals surface area (Å²) >= 11 is 0. The molecule has 1 heterocycles. The van der Waals surface area contributed by atoms with E-state index in [0.717, 1.165) is 37.8 Å². The molecule has 4 nitrogen and oxygen atoms in total. The Kier molecular flexibility index (Phi) is 5.57. The van der Waals surface area contributed by atoms with Gasteiger partial charge in [-0.15, -0.1) is 0 Å². The third-order valence-corrected chi connectivity index (χ3v) is 5.69. The fourth-order valence-electron chi connectivity index (χ4n) is 2.62. The quantitative estimate of drug-likeness (QED) is 0.814. The van der Waals surface area contributed by atoms with Crippen molar-refractivity contribution in [1.29, 1.82) is 0 Å². The molecule has 2 rings (SSSR count). The molecule has 0 saturated heterocycles. The molecule has 0 aromatic heterocycles. The van der Waals surface area contributed by atoms with Crippen LogP contribution < -0.4 is 5.32 Å². The predicted molar refractivity (Wildman–Crippen MR) is 82.1 cm³/mol. The van der Waals surface area contributed by atoms with Gasteiger partial charge < -0.3 is 5.32 Å². The van der Waals surface area contributed by atoms with E-state index >= 15 is 0 Å². The first-order valence-electron chi connectivity index (χ1n) is 7.33. The molecule has 0 saturated carbocycles. The second-order valence-electron chi connectivity index (χ2n) is 5.33. The molecule has 0 atom stereocenters. The Bertz CT molecular complexity index is 528. The molecule has 0 unspecified atom stereocenters. The first-order valence-corrected chi connectivity index (χ1v) is 8.93. The lowest BCUT2D eigenvalue weighted by Crippen LogP contribution is -2.33. The minimum Gasteiger partial charge on any atom is -0.320 e. The summed E-state index contributed by atoms with van der Waals surface area (Å²) in [5, 5.41) is 3.05. The molecule has 1 aromatic carbocycles. The van der Waals surface area contributed by atoms with Crippen molar-refractivity contribution >= 4 is 10.0 Å². The van der Waals surface area contributed by atoms with Crippen LogP contribution in [0.25, 0.3) is 0 Å². The standard InChI is InChI=1S/C15H24N2O2S/c1-16-10-4-5-12-20(18,19)17-11-6-9-14-7-2-3-8-15(14)13-17/h2-3,7-8,16H,4-6,9-13H2,1H3. The van der Waals surface area contributed by atoms with Crippen LogP contribution in [0.3, 0.4) is 0 Å². The van der Waals surface area contributed by atoms with E-state index < -0.39 is 10.0 Å². The van der Waals surface area contributed by atoms with E-state index in [4.69, 9.17) is 0 Å². The first-order chi connectivity index (χ1) is 9.63. The highest BCUT2D eigenvalue weighted by Crippen LogP contribution is 2.21. The lowest BCUT2D eigenvalue weighted by molar-refractivity contribution is 0.409. The van der Waals surface area contributed by atoms with Crippen LogP contribution >= 0.6 is 0 Å². The first kappa shape index (κ1) is 15.5. The minimum absolute atomic E-state index is 0.261. The van der Waals surface area contributed by atoms with Gasteiger partial charge in [0.2, 0.25) is 10.0 Å². The molecular formula is C15H24N2O2S. The van der Waals surface area contributed by atoms with Crippen LogP contribution in [-0.2, 0) is 23.0 Å². The molecule has 112 valence electrons. The molecule has 1 aromatic rings. The van der Waals surface area contributed by atoms with Gasteiger partial charge in [0.05, 0.1) is 5.75 Å². The largest absolute Gasteiger partial charge is 0.320 e. The molecule has 0 fully saturated rings. The highest BCUT2D eigenvalue weighted by molar-refractivity contribution is 7.89. The second-order valence-corrected chi connectivity index (χ2v) is 7.42. The van der Waals surface area contributed by atoms with Gasteiger partial charge >= 0.3 is 0 Å². The van der Waals surface area contributed by atoms with Crippen molar-refractivity contribution in [2.45, 2.75) is 32.2 Å². The Hall–Kier alpha value is -0.910. The fraction of sp³-hybridized carbons (Fsp3) is 0.600. The molecule has 0 bridgehead atoms. The van der Waals surface area contributed by atoms with E-state index in [1.165, 1.54) is 5.56 Å². The SMILES string of the molecule is CNCCCCS(=O)(=O)N1CCCc2ccccc2C1. The van der Waals surface area contributed by atoms with Crippen molar-refractivity contribution in [2.24, 2.45) is 0 Å². The number of hydrogen-bond donors (Lipinski definition) is 1. The smallest absolute Gasteiger partial charge is 0.214 e. The summed E-state index contributed by atoms with van der Waals surface area (Å²) in [4.78, 5) is 0. The summed E-state index contributed by atoms with van der Waals surface area (Å²) in [6.45, 7) is 2.05. The van der Waals surface area contributed by atoms with Crippen molar-refractivity contribution in [2.75, 3.05) is 25.9 Å². The van der Waals surface area contributed by atoms with E-state index in [1.54, 1.807) is 4.31 Å². The predicted octanol–water partition coefficient (Wildman–Crippen LogP) is 1.76. The van der Waals surface area contributed by atoms with Gasteiger partial charge in [0.1, 0.15) is 0 Å². The Morgan fingerprint density at radius 2 is 1.95 bits per heavy atom. The van der Waals surface area contributed by atoms with E-state index in [1.807, 2.05) is 25.2 Å². The van der Waals surface area contributed by atoms with Crippen LogP contribution in [0.1, 0.15) is 30.4 Å². The monoisotopic (exact) mass is 296 g/mol. The number of nitrogens with one attached hydrogen (secondary N) is 1. The van der Waals surface area contributed by atoms with E-state index in [2.05, 4.69) is 11.4 Å². The Labute approximate surface area is 122 Å². The van der Waals surface area contributed by atoms with Crippen LogP contribution in [0.2, 0.25) is 0 Å². The van der Waals surface area contributed by atoms with Gasteiger partial charge in [-0.1, -0.05) is 24.3 Å². The fourth-order valence-corrected chi connectivity index (χ4v) is 4.19. The number of benzene rings is 1. The number of rotatable bonds is 6. The molecule has 0 spiro atoms. The van der Waals surface area contributed by atoms with Crippen molar-refractivity contribution in [3.8, 4) is 0 Å².